The number of amides is 2. The first kappa shape index (κ1) is 14.3. The van der Waals surface area contributed by atoms with Gasteiger partial charge in [-0.15, -0.1) is 0 Å². The van der Waals surface area contributed by atoms with Gasteiger partial charge in [0.05, 0.1) is 0 Å². The number of hydrogen-bond acceptors (Lipinski definition) is 3. The average molecular weight is 267 g/mol. The van der Waals surface area contributed by atoms with Crippen molar-refractivity contribution in [1.82, 2.24) is 16.0 Å². The predicted octanol–water partition coefficient (Wildman–Crippen LogP) is 0.550. The summed E-state index contributed by atoms with van der Waals surface area (Å²) in [4.78, 5) is 23.5. The van der Waals surface area contributed by atoms with Crippen LogP contribution in [-0.4, -0.2) is 37.0 Å². The molecule has 108 valence electrons. The van der Waals surface area contributed by atoms with E-state index < -0.39 is 6.04 Å². The van der Waals surface area contributed by atoms with E-state index in [1.807, 2.05) is 0 Å². The minimum absolute atomic E-state index is 0.00280. The van der Waals surface area contributed by atoms with Crippen LogP contribution in [0.25, 0.3) is 0 Å². The van der Waals surface area contributed by atoms with Crippen LogP contribution in [0.4, 0.5) is 0 Å². The van der Waals surface area contributed by atoms with Gasteiger partial charge in [0.1, 0.15) is 6.04 Å². The summed E-state index contributed by atoms with van der Waals surface area (Å²) in [7, 11) is 0. The van der Waals surface area contributed by atoms with Gasteiger partial charge in [-0.25, -0.2) is 0 Å². The molecule has 1 aliphatic heterocycles. The minimum Gasteiger partial charge on any atom is -0.352 e. The summed E-state index contributed by atoms with van der Waals surface area (Å²) in [6.07, 6.45) is 5.93. The van der Waals surface area contributed by atoms with Crippen molar-refractivity contribution >= 4 is 11.8 Å². The van der Waals surface area contributed by atoms with Gasteiger partial charge >= 0.3 is 0 Å². The van der Waals surface area contributed by atoms with E-state index in [4.69, 9.17) is 0 Å². The average Bonchev–Trinajstić information content (AvgIpc) is 3.21. The molecule has 2 aliphatic rings. The Kier molecular flexibility index (Phi) is 5.19. The topological polar surface area (TPSA) is 70.2 Å². The second-order valence-electron chi connectivity index (χ2n) is 5.80. The fourth-order valence-electron chi connectivity index (χ4n) is 2.44. The Morgan fingerprint density at radius 3 is 2.53 bits per heavy atom. The molecule has 5 nitrogen and oxygen atoms in total. The highest BCUT2D eigenvalue weighted by Crippen LogP contribution is 2.19. The standard InChI is InChI=1S/C14H25N3O2/c1-10(14(19)17-12-3-4-12)16-13(18)5-2-11-6-8-15-9-7-11/h10-12,15H,2-9H2,1H3,(H,16,18)(H,17,19). The van der Waals surface area contributed by atoms with E-state index in [2.05, 4.69) is 16.0 Å². The maximum absolute atomic E-state index is 11.8. The first-order valence-electron chi connectivity index (χ1n) is 7.45. The Labute approximate surface area is 114 Å². The van der Waals surface area contributed by atoms with Gasteiger partial charge in [-0.2, -0.15) is 0 Å². The number of carbonyl (C=O) groups excluding carboxylic acids is 2. The molecule has 1 heterocycles. The zero-order valence-electron chi connectivity index (χ0n) is 11.7. The first-order valence-corrected chi connectivity index (χ1v) is 7.45. The summed E-state index contributed by atoms with van der Waals surface area (Å²) in [5, 5.41) is 9.01. The molecule has 2 fully saturated rings. The van der Waals surface area contributed by atoms with E-state index in [9.17, 15) is 9.59 Å². The van der Waals surface area contributed by atoms with Crippen LogP contribution in [0.3, 0.4) is 0 Å². The molecule has 19 heavy (non-hydrogen) atoms. The van der Waals surface area contributed by atoms with E-state index in [-0.39, 0.29) is 11.8 Å². The number of carbonyl (C=O) groups is 2. The normalized spacial score (nSPS) is 21.7. The fourth-order valence-corrected chi connectivity index (χ4v) is 2.44. The molecule has 1 atom stereocenters. The largest absolute Gasteiger partial charge is 0.352 e. The Morgan fingerprint density at radius 1 is 1.21 bits per heavy atom. The van der Waals surface area contributed by atoms with Crippen LogP contribution in [0, 0.1) is 5.92 Å². The van der Waals surface area contributed by atoms with Crippen molar-refractivity contribution in [3.05, 3.63) is 0 Å². The minimum atomic E-state index is -0.416. The maximum atomic E-state index is 11.8. The molecular formula is C14H25N3O2. The molecule has 0 aromatic carbocycles. The summed E-state index contributed by atoms with van der Waals surface area (Å²) in [6, 6.07) is -0.0669. The highest BCUT2D eigenvalue weighted by atomic mass is 16.2. The van der Waals surface area contributed by atoms with Crippen molar-refractivity contribution in [3.8, 4) is 0 Å². The third kappa shape index (κ3) is 5.19. The lowest BCUT2D eigenvalue weighted by Crippen LogP contribution is -2.45. The highest BCUT2D eigenvalue weighted by Gasteiger charge is 2.26. The first-order chi connectivity index (χ1) is 9.15. The van der Waals surface area contributed by atoms with E-state index in [0.29, 0.717) is 18.4 Å². The summed E-state index contributed by atoms with van der Waals surface area (Å²) in [5.74, 6) is 0.595. The molecule has 2 rings (SSSR count). The van der Waals surface area contributed by atoms with Gasteiger partial charge in [-0.05, 0) is 58.0 Å². The van der Waals surface area contributed by atoms with Crippen LogP contribution < -0.4 is 16.0 Å². The Bertz CT molecular complexity index is 323. The Hall–Kier alpha value is -1.10. The van der Waals surface area contributed by atoms with E-state index in [0.717, 1.165) is 45.2 Å². The van der Waals surface area contributed by atoms with Crippen LogP contribution in [0.15, 0.2) is 0 Å². The lowest BCUT2D eigenvalue weighted by Gasteiger charge is -2.22. The smallest absolute Gasteiger partial charge is 0.242 e. The van der Waals surface area contributed by atoms with Gasteiger partial charge in [0.15, 0.2) is 0 Å². The van der Waals surface area contributed by atoms with Gasteiger partial charge < -0.3 is 16.0 Å². The van der Waals surface area contributed by atoms with E-state index in [1.165, 1.54) is 0 Å². The molecule has 1 unspecified atom stereocenters. The number of nitrogens with one attached hydrogen (secondary N) is 3. The molecule has 0 bridgehead atoms. The summed E-state index contributed by atoms with van der Waals surface area (Å²) in [5.41, 5.74) is 0. The van der Waals surface area contributed by atoms with Crippen LogP contribution >= 0.6 is 0 Å². The van der Waals surface area contributed by atoms with Crippen LogP contribution in [0.2, 0.25) is 0 Å². The molecule has 0 spiro atoms. The molecule has 3 N–H and O–H groups in total. The molecule has 0 aromatic rings. The SMILES string of the molecule is CC(NC(=O)CCC1CCNCC1)C(=O)NC1CC1. The quantitative estimate of drug-likeness (QED) is 0.658. The van der Waals surface area contributed by atoms with Crippen molar-refractivity contribution < 1.29 is 9.59 Å². The van der Waals surface area contributed by atoms with Crippen LogP contribution in [0.1, 0.15) is 45.4 Å². The molecule has 2 amide bonds. The summed E-state index contributed by atoms with van der Waals surface area (Å²) in [6.45, 7) is 3.87. The molecule has 0 radical (unpaired) electrons. The van der Waals surface area contributed by atoms with E-state index in [1.54, 1.807) is 6.92 Å². The third-order valence-electron chi connectivity index (χ3n) is 3.93. The molecule has 0 aromatic heterocycles. The van der Waals surface area contributed by atoms with Crippen LogP contribution in [0.5, 0.6) is 0 Å². The Balaban J connectivity index is 1.60. The van der Waals surface area contributed by atoms with Gasteiger partial charge in [0, 0.05) is 12.5 Å². The van der Waals surface area contributed by atoms with Crippen LogP contribution in [-0.2, 0) is 9.59 Å². The molecule has 1 saturated heterocycles. The molecule has 1 saturated carbocycles. The lowest BCUT2D eigenvalue weighted by atomic mass is 9.93. The monoisotopic (exact) mass is 267 g/mol. The maximum Gasteiger partial charge on any atom is 0.242 e. The Morgan fingerprint density at radius 2 is 1.89 bits per heavy atom. The summed E-state index contributed by atoms with van der Waals surface area (Å²) >= 11 is 0. The van der Waals surface area contributed by atoms with Crippen molar-refractivity contribution in [1.29, 1.82) is 0 Å². The zero-order valence-corrected chi connectivity index (χ0v) is 11.7. The van der Waals surface area contributed by atoms with Gasteiger partial charge in [-0.1, -0.05) is 0 Å². The van der Waals surface area contributed by atoms with Crippen molar-refractivity contribution in [2.75, 3.05) is 13.1 Å². The van der Waals surface area contributed by atoms with E-state index >= 15 is 0 Å². The van der Waals surface area contributed by atoms with Crippen molar-refractivity contribution in [3.63, 3.8) is 0 Å². The zero-order chi connectivity index (χ0) is 13.7. The number of rotatable bonds is 6. The molecule has 5 heteroatoms. The van der Waals surface area contributed by atoms with Crippen molar-refractivity contribution in [2.24, 2.45) is 5.92 Å². The second kappa shape index (κ2) is 6.89. The second-order valence-corrected chi connectivity index (χ2v) is 5.80. The van der Waals surface area contributed by atoms with Gasteiger partial charge in [0.2, 0.25) is 11.8 Å². The molecule has 1 aliphatic carbocycles. The predicted molar refractivity (Wildman–Crippen MR) is 73.6 cm³/mol. The third-order valence-corrected chi connectivity index (χ3v) is 3.93. The highest BCUT2D eigenvalue weighted by molar-refractivity contribution is 5.87. The van der Waals surface area contributed by atoms with Crippen molar-refractivity contribution in [2.45, 2.75) is 57.5 Å². The number of piperidine rings is 1. The van der Waals surface area contributed by atoms with Gasteiger partial charge in [-0.3, -0.25) is 9.59 Å². The number of hydrogen-bond donors (Lipinski definition) is 3. The van der Waals surface area contributed by atoms with Gasteiger partial charge in [0.25, 0.3) is 0 Å². The molecular weight excluding hydrogens is 242 g/mol. The lowest BCUT2D eigenvalue weighted by molar-refractivity contribution is -0.128. The summed E-state index contributed by atoms with van der Waals surface area (Å²) < 4.78 is 0. The fraction of sp³-hybridized carbons (Fsp3) is 0.857.